The summed E-state index contributed by atoms with van der Waals surface area (Å²) in [6.45, 7) is 2.11. The van der Waals surface area contributed by atoms with Crippen molar-refractivity contribution in [2.45, 2.75) is 25.8 Å². The number of halogens is 1. The van der Waals surface area contributed by atoms with Crippen LogP contribution in [0.1, 0.15) is 41.7 Å². The molecule has 1 atom stereocenters. The molecule has 0 N–H and O–H groups in total. The number of amides is 2. The van der Waals surface area contributed by atoms with Gasteiger partial charge in [-0.3, -0.25) is 9.59 Å². The average molecular weight is 415 g/mol. The molecular formula is C22H23ClN2O4. The van der Waals surface area contributed by atoms with Gasteiger partial charge in [0.2, 0.25) is 5.91 Å². The van der Waals surface area contributed by atoms with Crippen molar-refractivity contribution < 1.29 is 19.1 Å². The van der Waals surface area contributed by atoms with E-state index < -0.39 is 5.97 Å². The summed E-state index contributed by atoms with van der Waals surface area (Å²) in [5.74, 6) is -0.966. The van der Waals surface area contributed by atoms with Crippen LogP contribution in [0.4, 0.5) is 5.69 Å². The molecule has 152 valence electrons. The van der Waals surface area contributed by atoms with E-state index >= 15 is 0 Å². The number of carbonyl (C=O) groups is 3. The minimum absolute atomic E-state index is 0.0240. The van der Waals surface area contributed by atoms with Crippen molar-refractivity contribution in [1.29, 1.82) is 0 Å². The third kappa shape index (κ3) is 4.77. The van der Waals surface area contributed by atoms with E-state index in [4.69, 9.17) is 16.3 Å². The molecule has 1 fully saturated rings. The summed E-state index contributed by atoms with van der Waals surface area (Å²) in [6.07, 6.45) is 1.22. The molecule has 2 aromatic carbocycles. The van der Waals surface area contributed by atoms with Crippen molar-refractivity contribution in [2.24, 2.45) is 0 Å². The largest absolute Gasteiger partial charge is 0.452 e. The summed E-state index contributed by atoms with van der Waals surface area (Å²) in [6, 6.07) is 14.1. The molecule has 6 nitrogen and oxygen atoms in total. The second kappa shape index (κ2) is 9.09. The summed E-state index contributed by atoms with van der Waals surface area (Å²) in [7, 11) is 1.67. The molecule has 0 radical (unpaired) electrons. The Labute approximate surface area is 175 Å². The van der Waals surface area contributed by atoms with E-state index in [0.29, 0.717) is 23.7 Å². The van der Waals surface area contributed by atoms with Crippen LogP contribution in [0.3, 0.4) is 0 Å². The fraction of sp³-hybridized carbons (Fsp3) is 0.318. The van der Waals surface area contributed by atoms with Gasteiger partial charge in [0.15, 0.2) is 6.61 Å². The van der Waals surface area contributed by atoms with E-state index in [1.165, 1.54) is 12.1 Å². The number of ether oxygens (including phenoxy) is 1. The van der Waals surface area contributed by atoms with E-state index in [1.54, 1.807) is 22.9 Å². The summed E-state index contributed by atoms with van der Waals surface area (Å²) < 4.78 is 5.20. The van der Waals surface area contributed by atoms with Crippen LogP contribution in [-0.4, -0.2) is 42.9 Å². The highest BCUT2D eigenvalue weighted by Crippen LogP contribution is 2.30. The van der Waals surface area contributed by atoms with Crippen molar-refractivity contribution in [3.63, 3.8) is 0 Å². The van der Waals surface area contributed by atoms with E-state index in [2.05, 4.69) is 0 Å². The number of hydrogen-bond acceptors (Lipinski definition) is 4. The molecule has 0 spiro atoms. The third-order valence-electron chi connectivity index (χ3n) is 5.13. The molecule has 0 unspecified atom stereocenters. The Morgan fingerprint density at radius 2 is 1.93 bits per heavy atom. The monoisotopic (exact) mass is 414 g/mol. The Morgan fingerprint density at radius 3 is 2.59 bits per heavy atom. The number of benzene rings is 2. The van der Waals surface area contributed by atoms with Gasteiger partial charge in [0.1, 0.15) is 0 Å². The van der Waals surface area contributed by atoms with E-state index in [0.717, 1.165) is 12.0 Å². The molecule has 0 saturated carbocycles. The highest BCUT2D eigenvalue weighted by molar-refractivity contribution is 6.34. The van der Waals surface area contributed by atoms with Gasteiger partial charge in [0, 0.05) is 20.0 Å². The number of esters is 1. The van der Waals surface area contributed by atoms with Gasteiger partial charge < -0.3 is 14.5 Å². The molecule has 2 amide bonds. The lowest BCUT2D eigenvalue weighted by atomic mass is 10.1. The highest BCUT2D eigenvalue weighted by Gasteiger charge is 2.25. The van der Waals surface area contributed by atoms with E-state index in [1.807, 2.05) is 37.3 Å². The number of likely N-dealkylation sites (N-methyl/N-ethyl adjacent to an activating group) is 1. The van der Waals surface area contributed by atoms with Crippen molar-refractivity contribution in [3.8, 4) is 0 Å². The molecule has 29 heavy (non-hydrogen) atoms. The first-order valence-electron chi connectivity index (χ1n) is 9.46. The number of hydrogen-bond donors (Lipinski definition) is 0. The highest BCUT2D eigenvalue weighted by atomic mass is 35.5. The van der Waals surface area contributed by atoms with Crippen LogP contribution in [0, 0.1) is 0 Å². The number of rotatable bonds is 6. The Morgan fingerprint density at radius 1 is 1.21 bits per heavy atom. The summed E-state index contributed by atoms with van der Waals surface area (Å²) >= 11 is 6.20. The normalized spacial score (nSPS) is 14.6. The smallest absolute Gasteiger partial charge is 0.338 e. The van der Waals surface area contributed by atoms with Crippen LogP contribution in [0.5, 0.6) is 0 Å². The van der Waals surface area contributed by atoms with Gasteiger partial charge in [-0.15, -0.1) is 0 Å². The van der Waals surface area contributed by atoms with Gasteiger partial charge in [-0.25, -0.2) is 4.79 Å². The number of nitrogens with zero attached hydrogens (tertiary/aromatic N) is 2. The lowest BCUT2D eigenvalue weighted by Crippen LogP contribution is -2.33. The molecule has 0 bridgehead atoms. The predicted octanol–water partition coefficient (Wildman–Crippen LogP) is 3.84. The first kappa shape index (κ1) is 20.9. The average Bonchev–Trinajstić information content (AvgIpc) is 3.17. The molecule has 1 aliphatic heterocycles. The zero-order chi connectivity index (χ0) is 21.0. The van der Waals surface area contributed by atoms with E-state index in [9.17, 15) is 14.4 Å². The third-order valence-corrected chi connectivity index (χ3v) is 5.45. The lowest BCUT2D eigenvalue weighted by Gasteiger charge is -2.25. The van der Waals surface area contributed by atoms with Crippen molar-refractivity contribution in [1.82, 2.24) is 4.90 Å². The molecule has 7 heteroatoms. The van der Waals surface area contributed by atoms with Crippen LogP contribution in [0.25, 0.3) is 0 Å². The predicted molar refractivity (Wildman–Crippen MR) is 111 cm³/mol. The summed E-state index contributed by atoms with van der Waals surface area (Å²) in [4.78, 5) is 40.0. The molecule has 3 rings (SSSR count). The Bertz CT molecular complexity index is 916. The number of anilines is 1. The van der Waals surface area contributed by atoms with Gasteiger partial charge in [-0.1, -0.05) is 41.9 Å². The lowest BCUT2D eigenvalue weighted by molar-refractivity contribution is -0.135. The first-order chi connectivity index (χ1) is 13.9. The van der Waals surface area contributed by atoms with Crippen LogP contribution < -0.4 is 4.90 Å². The van der Waals surface area contributed by atoms with Crippen LogP contribution in [0.15, 0.2) is 48.5 Å². The SMILES string of the molecule is C[C@@H](c1ccccc1)N(C)C(=O)COC(=O)c1ccc(Cl)c(N2CCCC2=O)c1. The van der Waals surface area contributed by atoms with Gasteiger partial charge >= 0.3 is 5.97 Å². The maximum absolute atomic E-state index is 12.4. The fourth-order valence-electron chi connectivity index (χ4n) is 3.23. The van der Waals surface area contributed by atoms with Crippen LogP contribution >= 0.6 is 11.6 Å². The van der Waals surface area contributed by atoms with Crippen LogP contribution in [-0.2, 0) is 14.3 Å². The second-order valence-electron chi connectivity index (χ2n) is 6.98. The molecule has 1 heterocycles. The molecule has 1 aliphatic rings. The maximum atomic E-state index is 12.4. The minimum atomic E-state index is -0.635. The number of carbonyl (C=O) groups excluding carboxylic acids is 3. The summed E-state index contributed by atoms with van der Waals surface area (Å²) in [5, 5.41) is 0.393. The van der Waals surface area contributed by atoms with Crippen molar-refractivity contribution in [2.75, 3.05) is 25.1 Å². The molecule has 1 saturated heterocycles. The quantitative estimate of drug-likeness (QED) is 0.673. The van der Waals surface area contributed by atoms with E-state index in [-0.39, 0.29) is 30.0 Å². The molecular weight excluding hydrogens is 392 g/mol. The Balaban J connectivity index is 1.63. The van der Waals surface area contributed by atoms with Gasteiger partial charge in [0.05, 0.1) is 22.3 Å². The standard InChI is InChI=1S/C22H23ClN2O4/c1-15(16-7-4-3-5-8-16)24(2)21(27)14-29-22(28)17-10-11-18(23)19(13-17)25-12-6-9-20(25)26/h3-5,7-8,10-11,13,15H,6,9,12,14H2,1-2H3/t15-/m0/s1. The maximum Gasteiger partial charge on any atom is 0.338 e. The van der Waals surface area contributed by atoms with Gasteiger partial charge in [-0.05, 0) is 37.1 Å². The molecule has 2 aromatic rings. The zero-order valence-corrected chi connectivity index (χ0v) is 17.2. The second-order valence-corrected chi connectivity index (χ2v) is 7.39. The Hall–Kier alpha value is -2.86. The fourth-order valence-corrected chi connectivity index (χ4v) is 3.45. The molecule has 0 aliphatic carbocycles. The minimum Gasteiger partial charge on any atom is -0.452 e. The first-order valence-corrected chi connectivity index (χ1v) is 9.84. The Kier molecular flexibility index (Phi) is 6.54. The van der Waals surface area contributed by atoms with Crippen molar-refractivity contribution >= 4 is 35.1 Å². The molecule has 0 aromatic heterocycles. The van der Waals surface area contributed by atoms with Crippen LogP contribution in [0.2, 0.25) is 5.02 Å². The topological polar surface area (TPSA) is 66.9 Å². The van der Waals surface area contributed by atoms with Gasteiger partial charge in [0.25, 0.3) is 5.91 Å². The van der Waals surface area contributed by atoms with Crippen molar-refractivity contribution in [3.05, 3.63) is 64.7 Å². The zero-order valence-electron chi connectivity index (χ0n) is 16.4. The van der Waals surface area contributed by atoms with Gasteiger partial charge in [-0.2, -0.15) is 0 Å². The summed E-state index contributed by atoms with van der Waals surface area (Å²) in [5.41, 5.74) is 1.73.